The molecule has 1 heterocycles. The number of ether oxygens (including phenoxy) is 1. The number of hydrogen-bond donors (Lipinski definition) is 2. The molecule has 0 spiro atoms. The van der Waals surface area contributed by atoms with Gasteiger partial charge in [-0.3, -0.25) is 0 Å². The maximum absolute atomic E-state index is 5.81. The van der Waals surface area contributed by atoms with Crippen LogP contribution in [0.5, 0.6) is 0 Å². The Morgan fingerprint density at radius 2 is 2.40 bits per heavy atom. The second-order valence-electron chi connectivity index (χ2n) is 3.30. The Bertz CT molecular complexity index is 291. The van der Waals surface area contributed by atoms with Crippen molar-refractivity contribution in [3.63, 3.8) is 0 Å². The zero-order chi connectivity index (χ0) is 11.1. The van der Waals surface area contributed by atoms with E-state index in [0.29, 0.717) is 5.82 Å². The van der Waals surface area contributed by atoms with Crippen LogP contribution in [0.1, 0.15) is 24.9 Å². The molecule has 3 N–H and O–H groups in total. The Labute approximate surface area is 90.8 Å². The molecule has 0 bridgehead atoms. The summed E-state index contributed by atoms with van der Waals surface area (Å²) in [5.41, 5.74) is 6.85. The summed E-state index contributed by atoms with van der Waals surface area (Å²) in [4.78, 5) is 4.07. The second kappa shape index (κ2) is 6.37. The predicted octanol–water partition coefficient (Wildman–Crippen LogP) is 1.35. The van der Waals surface area contributed by atoms with Gasteiger partial charge in [-0.25, -0.2) is 4.98 Å². The minimum Gasteiger partial charge on any atom is -0.383 e. The summed E-state index contributed by atoms with van der Waals surface area (Å²) in [5, 5.41) is 3.22. The van der Waals surface area contributed by atoms with Crippen LogP contribution in [0.15, 0.2) is 18.3 Å². The third-order valence-corrected chi connectivity index (χ3v) is 2.35. The number of pyridine rings is 1. The summed E-state index contributed by atoms with van der Waals surface area (Å²) in [5.74, 6) is 0.591. The third kappa shape index (κ3) is 3.49. The molecule has 0 aliphatic rings. The zero-order valence-electron chi connectivity index (χ0n) is 9.36. The van der Waals surface area contributed by atoms with Crippen molar-refractivity contribution >= 4 is 5.82 Å². The number of aromatic nitrogens is 1. The highest BCUT2D eigenvalue weighted by Gasteiger charge is 2.11. The number of nitrogens with one attached hydrogen (secondary N) is 1. The van der Waals surface area contributed by atoms with E-state index in [1.807, 2.05) is 26.1 Å². The van der Waals surface area contributed by atoms with E-state index in [9.17, 15) is 0 Å². The average Bonchev–Trinajstić information content (AvgIpc) is 2.26. The molecule has 15 heavy (non-hydrogen) atoms. The molecular weight excluding hydrogens is 190 g/mol. The lowest BCUT2D eigenvalue weighted by molar-refractivity contribution is 0.137. The van der Waals surface area contributed by atoms with Gasteiger partial charge in [0.25, 0.3) is 0 Å². The van der Waals surface area contributed by atoms with E-state index in [1.165, 1.54) is 0 Å². The SMILES string of the molecule is CCOCCC(NC)c1cccnc1N. The van der Waals surface area contributed by atoms with Crippen LogP contribution in [-0.4, -0.2) is 25.2 Å². The minimum atomic E-state index is 0.213. The van der Waals surface area contributed by atoms with Crippen LogP contribution < -0.4 is 11.1 Å². The van der Waals surface area contributed by atoms with Crippen molar-refractivity contribution in [1.29, 1.82) is 0 Å². The van der Waals surface area contributed by atoms with E-state index in [0.717, 1.165) is 25.2 Å². The lowest BCUT2D eigenvalue weighted by atomic mass is 10.1. The van der Waals surface area contributed by atoms with E-state index in [-0.39, 0.29) is 6.04 Å². The molecule has 4 heteroatoms. The number of nitrogens with zero attached hydrogens (tertiary/aromatic N) is 1. The highest BCUT2D eigenvalue weighted by Crippen LogP contribution is 2.20. The summed E-state index contributed by atoms with van der Waals surface area (Å²) in [6.07, 6.45) is 2.61. The van der Waals surface area contributed by atoms with Gasteiger partial charge in [0.05, 0.1) is 0 Å². The van der Waals surface area contributed by atoms with Crippen molar-refractivity contribution in [3.05, 3.63) is 23.9 Å². The Morgan fingerprint density at radius 3 is 3.00 bits per heavy atom. The standard InChI is InChI=1S/C11H19N3O/c1-3-15-8-6-10(13-2)9-5-4-7-14-11(9)12/h4-5,7,10,13H,3,6,8H2,1-2H3,(H2,12,14). The molecule has 0 aromatic carbocycles. The van der Waals surface area contributed by atoms with Crippen LogP contribution in [0.3, 0.4) is 0 Å². The maximum atomic E-state index is 5.81. The molecule has 0 radical (unpaired) electrons. The molecule has 1 unspecified atom stereocenters. The largest absolute Gasteiger partial charge is 0.383 e. The number of anilines is 1. The molecule has 1 rings (SSSR count). The lowest BCUT2D eigenvalue weighted by Crippen LogP contribution is -2.20. The molecule has 0 aliphatic carbocycles. The van der Waals surface area contributed by atoms with Crippen molar-refractivity contribution in [2.45, 2.75) is 19.4 Å². The highest BCUT2D eigenvalue weighted by molar-refractivity contribution is 5.40. The number of nitrogen functional groups attached to an aromatic ring is 1. The van der Waals surface area contributed by atoms with Gasteiger partial charge in [-0.05, 0) is 26.5 Å². The molecule has 4 nitrogen and oxygen atoms in total. The maximum Gasteiger partial charge on any atom is 0.128 e. The van der Waals surface area contributed by atoms with Crippen LogP contribution in [0.2, 0.25) is 0 Å². The van der Waals surface area contributed by atoms with Crippen molar-refractivity contribution in [1.82, 2.24) is 10.3 Å². The number of rotatable bonds is 6. The topological polar surface area (TPSA) is 60.2 Å². The second-order valence-corrected chi connectivity index (χ2v) is 3.30. The fourth-order valence-corrected chi connectivity index (χ4v) is 1.53. The molecule has 1 aromatic heterocycles. The van der Waals surface area contributed by atoms with E-state index in [1.54, 1.807) is 6.20 Å². The summed E-state index contributed by atoms with van der Waals surface area (Å²) in [7, 11) is 1.92. The Morgan fingerprint density at radius 1 is 1.60 bits per heavy atom. The van der Waals surface area contributed by atoms with Crippen molar-refractivity contribution in [2.24, 2.45) is 0 Å². The molecule has 84 valence electrons. The quantitative estimate of drug-likeness (QED) is 0.694. The van der Waals surface area contributed by atoms with Gasteiger partial charge in [-0.15, -0.1) is 0 Å². The molecule has 0 fully saturated rings. The smallest absolute Gasteiger partial charge is 0.128 e. The van der Waals surface area contributed by atoms with E-state index in [4.69, 9.17) is 10.5 Å². The summed E-state index contributed by atoms with van der Waals surface area (Å²) in [6, 6.07) is 4.11. The van der Waals surface area contributed by atoms with Gasteiger partial charge in [0, 0.05) is 31.0 Å². The number of nitrogens with two attached hydrogens (primary N) is 1. The third-order valence-electron chi connectivity index (χ3n) is 2.35. The summed E-state index contributed by atoms with van der Waals surface area (Å²) < 4.78 is 5.33. The lowest BCUT2D eigenvalue weighted by Gasteiger charge is -2.17. The molecule has 0 aliphatic heterocycles. The van der Waals surface area contributed by atoms with Gasteiger partial charge >= 0.3 is 0 Å². The van der Waals surface area contributed by atoms with Crippen molar-refractivity contribution < 1.29 is 4.74 Å². The molecule has 1 atom stereocenters. The Hall–Kier alpha value is -1.13. The fourth-order valence-electron chi connectivity index (χ4n) is 1.53. The first-order valence-electron chi connectivity index (χ1n) is 5.25. The van der Waals surface area contributed by atoms with Gasteiger partial charge in [0.15, 0.2) is 0 Å². The first-order valence-corrected chi connectivity index (χ1v) is 5.25. The first-order chi connectivity index (χ1) is 7.29. The molecule has 0 saturated carbocycles. The van der Waals surface area contributed by atoms with E-state index < -0.39 is 0 Å². The van der Waals surface area contributed by atoms with Gasteiger partial charge < -0.3 is 15.8 Å². The monoisotopic (exact) mass is 209 g/mol. The van der Waals surface area contributed by atoms with Gasteiger partial charge in [0.2, 0.25) is 0 Å². The van der Waals surface area contributed by atoms with E-state index >= 15 is 0 Å². The summed E-state index contributed by atoms with van der Waals surface area (Å²) >= 11 is 0. The fraction of sp³-hybridized carbons (Fsp3) is 0.545. The van der Waals surface area contributed by atoms with Crippen LogP contribution in [0.25, 0.3) is 0 Å². The first kappa shape index (κ1) is 11.9. The Balaban J connectivity index is 2.61. The molecular formula is C11H19N3O. The van der Waals surface area contributed by atoms with Gasteiger partial charge in [0.1, 0.15) is 5.82 Å². The minimum absolute atomic E-state index is 0.213. The van der Waals surface area contributed by atoms with Crippen molar-refractivity contribution in [2.75, 3.05) is 26.0 Å². The van der Waals surface area contributed by atoms with Crippen LogP contribution in [0, 0.1) is 0 Å². The zero-order valence-corrected chi connectivity index (χ0v) is 9.36. The molecule has 0 saturated heterocycles. The van der Waals surface area contributed by atoms with Gasteiger partial charge in [-0.1, -0.05) is 6.07 Å². The average molecular weight is 209 g/mol. The normalized spacial score (nSPS) is 12.7. The van der Waals surface area contributed by atoms with E-state index in [2.05, 4.69) is 10.3 Å². The Kier molecular flexibility index (Phi) is 5.07. The summed E-state index contributed by atoms with van der Waals surface area (Å²) in [6.45, 7) is 3.47. The van der Waals surface area contributed by atoms with Gasteiger partial charge in [-0.2, -0.15) is 0 Å². The highest BCUT2D eigenvalue weighted by atomic mass is 16.5. The van der Waals surface area contributed by atoms with Crippen LogP contribution >= 0.6 is 0 Å². The van der Waals surface area contributed by atoms with Crippen LogP contribution in [0.4, 0.5) is 5.82 Å². The predicted molar refractivity (Wildman–Crippen MR) is 61.6 cm³/mol. The molecule has 0 amide bonds. The number of hydrogen-bond acceptors (Lipinski definition) is 4. The van der Waals surface area contributed by atoms with Crippen molar-refractivity contribution in [3.8, 4) is 0 Å². The molecule has 1 aromatic rings. The van der Waals surface area contributed by atoms with Crippen LogP contribution in [-0.2, 0) is 4.74 Å².